The van der Waals surface area contributed by atoms with E-state index >= 15 is 0 Å². The minimum atomic E-state index is -0.549. The number of aromatic nitrogens is 3. The van der Waals surface area contributed by atoms with E-state index in [-0.39, 0.29) is 16.9 Å². The van der Waals surface area contributed by atoms with Gasteiger partial charge in [0.2, 0.25) is 5.88 Å². The number of hydrogen-bond donors (Lipinski definition) is 0. The van der Waals surface area contributed by atoms with Crippen LogP contribution in [0, 0.1) is 16.7 Å². The van der Waals surface area contributed by atoms with Gasteiger partial charge in [0.05, 0.1) is 41.2 Å². The van der Waals surface area contributed by atoms with Crippen LogP contribution in [-0.4, -0.2) is 32.9 Å². The van der Waals surface area contributed by atoms with Gasteiger partial charge in [-0.3, -0.25) is 0 Å². The van der Waals surface area contributed by atoms with Gasteiger partial charge in [-0.05, 0) is 49.3 Å². The topological polar surface area (TPSA) is 97.2 Å². The number of imidazole rings is 1. The average Bonchev–Trinajstić information content (AvgIpc) is 3.45. The van der Waals surface area contributed by atoms with Crippen molar-refractivity contribution in [2.24, 2.45) is 5.41 Å². The van der Waals surface area contributed by atoms with Crippen LogP contribution in [0.5, 0.6) is 0 Å². The molecule has 1 saturated heterocycles. The Balaban J connectivity index is 1.38. The van der Waals surface area contributed by atoms with Crippen molar-refractivity contribution < 1.29 is 14.1 Å². The van der Waals surface area contributed by atoms with Crippen molar-refractivity contribution in [3.8, 4) is 6.07 Å². The van der Waals surface area contributed by atoms with Crippen molar-refractivity contribution in [3.05, 3.63) is 41.9 Å². The minimum Gasteiger partial charge on any atom is -0.441 e. The molecule has 33 heavy (non-hydrogen) atoms. The van der Waals surface area contributed by atoms with E-state index in [0.717, 1.165) is 49.0 Å². The highest BCUT2D eigenvalue weighted by atomic mass is 16.6. The lowest BCUT2D eigenvalue weighted by atomic mass is 9.68. The first-order valence-electron chi connectivity index (χ1n) is 11.4. The lowest BCUT2D eigenvalue weighted by Gasteiger charge is -2.43. The lowest BCUT2D eigenvalue weighted by Crippen LogP contribution is -2.45. The lowest BCUT2D eigenvalue weighted by molar-refractivity contribution is -0.0264. The second kappa shape index (κ2) is 7.34. The fraction of sp³-hybridized carbons (Fsp3) is 0.520. The molecule has 3 heterocycles. The Morgan fingerprint density at radius 2 is 2.06 bits per heavy atom. The third-order valence-corrected chi connectivity index (χ3v) is 6.97. The summed E-state index contributed by atoms with van der Waals surface area (Å²) < 4.78 is 13.7. The Kier molecular flexibility index (Phi) is 4.78. The standard InChI is InChI=1S/C25H29N5O3/c1-23(2,3)20-11-21(33-28-20)30-15-25(32-22(30)31)9-5-8-24(4,13-25)14-29-16-27-18-7-6-17(12-26)10-19(18)29/h6-7,10-11,16H,5,8-9,13-15H2,1-4H3/t24-,25-/m0/s1. The van der Waals surface area contributed by atoms with E-state index in [1.54, 1.807) is 11.0 Å². The molecule has 0 unspecified atom stereocenters. The number of ether oxygens (including phenoxy) is 1. The summed E-state index contributed by atoms with van der Waals surface area (Å²) in [7, 11) is 0. The molecule has 3 aromatic rings. The maximum absolute atomic E-state index is 12.9. The molecule has 0 N–H and O–H groups in total. The molecular formula is C25H29N5O3. The fourth-order valence-corrected chi connectivity index (χ4v) is 5.35. The second-order valence-electron chi connectivity index (χ2n) is 11.0. The third kappa shape index (κ3) is 3.86. The Labute approximate surface area is 193 Å². The zero-order chi connectivity index (χ0) is 23.4. The number of nitriles is 1. The van der Waals surface area contributed by atoms with Crippen LogP contribution in [0.1, 0.15) is 64.6 Å². The van der Waals surface area contributed by atoms with Crippen LogP contribution >= 0.6 is 0 Å². The van der Waals surface area contributed by atoms with Crippen LogP contribution in [0.25, 0.3) is 11.0 Å². The molecule has 1 spiro atoms. The van der Waals surface area contributed by atoms with Gasteiger partial charge >= 0.3 is 6.09 Å². The molecule has 8 nitrogen and oxygen atoms in total. The van der Waals surface area contributed by atoms with Gasteiger partial charge in [0.15, 0.2) is 0 Å². The number of benzene rings is 1. The predicted octanol–water partition coefficient (Wildman–Crippen LogP) is 5.17. The molecule has 5 rings (SSSR count). The van der Waals surface area contributed by atoms with Crippen molar-refractivity contribution in [2.75, 3.05) is 11.4 Å². The number of amides is 1. The van der Waals surface area contributed by atoms with Gasteiger partial charge in [-0.15, -0.1) is 0 Å². The van der Waals surface area contributed by atoms with Gasteiger partial charge in [0.1, 0.15) is 5.60 Å². The summed E-state index contributed by atoms with van der Waals surface area (Å²) in [4.78, 5) is 18.9. The second-order valence-corrected chi connectivity index (χ2v) is 11.0. The SMILES string of the molecule is CC(C)(C)c1cc(N2C[C@@]3(CCC[C@](C)(Cn4cnc5ccc(C#N)cc54)C3)OC2=O)on1. The Bertz CT molecular complexity index is 1260. The number of nitrogens with zero attached hydrogens (tertiary/aromatic N) is 5. The first-order chi connectivity index (χ1) is 15.6. The molecule has 2 aromatic heterocycles. The van der Waals surface area contributed by atoms with E-state index in [2.05, 4.69) is 48.5 Å². The summed E-state index contributed by atoms with van der Waals surface area (Å²) >= 11 is 0. The van der Waals surface area contributed by atoms with Crippen molar-refractivity contribution in [3.63, 3.8) is 0 Å². The van der Waals surface area contributed by atoms with Crippen LogP contribution in [0.2, 0.25) is 0 Å². The highest BCUT2D eigenvalue weighted by Gasteiger charge is 2.52. The molecule has 8 heteroatoms. The first kappa shape index (κ1) is 21.5. The van der Waals surface area contributed by atoms with Gasteiger partial charge in [0, 0.05) is 18.0 Å². The zero-order valence-corrected chi connectivity index (χ0v) is 19.6. The predicted molar refractivity (Wildman–Crippen MR) is 123 cm³/mol. The van der Waals surface area contributed by atoms with Crippen LogP contribution < -0.4 is 4.90 Å². The van der Waals surface area contributed by atoms with Crippen LogP contribution in [0.3, 0.4) is 0 Å². The summed E-state index contributed by atoms with van der Waals surface area (Å²) in [6.45, 7) is 9.63. The van der Waals surface area contributed by atoms with Crippen LogP contribution in [0.15, 0.2) is 35.1 Å². The first-order valence-corrected chi connectivity index (χ1v) is 11.4. The molecular weight excluding hydrogens is 418 g/mol. The number of fused-ring (bicyclic) bond motifs is 1. The van der Waals surface area contributed by atoms with Gasteiger partial charge < -0.3 is 13.8 Å². The number of carbonyl (C=O) groups excluding carboxylic acids is 1. The monoisotopic (exact) mass is 447 g/mol. The molecule has 1 amide bonds. The molecule has 1 saturated carbocycles. The van der Waals surface area contributed by atoms with Gasteiger partial charge in [0.25, 0.3) is 0 Å². The summed E-state index contributed by atoms with van der Waals surface area (Å²) in [5, 5.41) is 13.4. The molecule has 172 valence electrons. The van der Waals surface area contributed by atoms with Crippen molar-refractivity contribution in [2.45, 2.75) is 70.9 Å². The molecule has 1 aromatic carbocycles. The molecule has 0 bridgehead atoms. The molecule has 2 aliphatic rings. The summed E-state index contributed by atoms with van der Waals surface area (Å²) in [5.74, 6) is 0.443. The molecule has 2 fully saturated rings. The van der Waals surface area contributed by atoms with Crippen molar-refractivity contribution >= 4 is 23.0 Å². The molecule has 2 atom stereocenters. The van der Waals surface area contributed by atoms with Crippen LogP contribution in [-0.2, 0) is 16.7 Å². The fourth-order valence-electron chi connectivity index (χ4n) is 5.35. The summed E-state index contributed by atoms with van der Waals surface area (Å²) in [6.07, 6.45) is 5.04. The number of rotatable bonds is 3. The summed E-state index contributed by atoms with van der Waals surface area (Å²) in [6, 6.07) is 9.61. The number of carbonyl (C=O) groups is 1. The smallest absolute Gasteiger partial charge is 0.417 e. The van der Waals surface area contributed by atoms with Gasteiger partial charge in [-0.25, -0.2) is 14.7 Å². The zero-order valence-electron chi connectivity index (χ0n) is 19.6. The van der Waals surface area contributed by atoms with E-state index in [9.17, 15) is 10.1 Å². The Hall–Kier alpha value is -3.34. The van der Waals surface area contributed by atoms with Crippen LogP contribution in [0.4, 0.5) is 10.7 Å². The molecule has 0 radical (unpaired) electrons. The largest absolute Gasteiger partial charge is 0.441 e. The highest BCUT2D eigenvalue weighted by molar-refractivity contribution is 5.88. The third-order valence-electron chi connectivity index (χ3n) is 6.97. The van der Waals surface area contributed by atoms with Crippen molar-refractivity contribution in [1.29, 1.82) is 5.26 Å². The number of anilines is 1. The highest BCUT2D eigenvalue weighted by Crippen LogP contribution is 2.48. The molecule has 1 aliphatic heterocycles. The van der Waals surface area contributed by atoms with Gasteiger partial charge in [-0.1, -0.05) is 32.9 Å². The summed E-state index contributed by atoms with van der Waals surface area (Å²) in [5.41, 5.74) is 2.47. The van der Waals surface area contributed by atoms with Crippen molar-refractivity contribution in [1.82, 2.24) is 14.7 Å². The van der Waals surface area contributed by atoms with E-state index in [4.69, 9.17) is 9.26 Å². The van der Waals surface area contributed by atoms with E-state index in [1.807, 2.05) is 24.5 Å². The van der Waals surface area contributed by atoms with E-state index in [1.165, 1.54) is 0 Å². The van der Waals surface area contributed by atoms with E-state index < -0.39 is 5.60 Å². The van der Waals surface area contributed by atoms with Gasteiger partial charge in [-0.2, -0.15) is 5.26 Å². The Morgan fingerprint density at radius 1 is 1.24 bits per heavy atom. The minimum absolute atomic E-state index is 0.0806. The Morgan fingerprint density at radius 3 is 2.79 bits per heavy atom. The molecule has 1 aliphatic carbocycles. The maximum Gasteiger partial charge on any atom is 0.417 e. The number of hydrogen-bond acceptors (Lipinski definition) is 6. The van der Waals surface area contributed by atoms with E-state index in [0.29, 0.717) is 18.0 Å². The normalized spacial score (nSPS) is 25.5. The quantitative estimate of drug-likeness (QED) is 0.549. The maximum atomic E-state index is 12.9. The average molecular weight is 448 g/mol.